The molecular weight excluding hydrogens is 928 g/mol. The van der Waals surface area contributed by atoms with Crippen LogP contribution in [0, 0.1) is 11.6 Å². The Kier molecular flexibility index (Phi) is 25.6. The number of methoxy groups -OCH3 is 2. The summed E-state index contributed by atoms with van der Waals surface area (Å²) in [7, 11) is 4.43. The third-order valence-electron chi connectivity index (χ3n) is 10.0. The van der Waals surface area contributed by atoms with Gasteiger partial charge < -0.3 is 44.9 Å². The van der Waals surface area contributed by atoms with Crippen molar-refractivity contribution in [3.05, 3.63) is 70.9 Å². The number of rotatable bonds is 11. The van der Waals surface area contributed by atoms with Crippen LogP contribution in [0.1, 0.15) is 70.2 Å². The van der Waals surface area contributed by atoms with Crippen molar-refractivity contribution >= 4 is 92.5 Å². The van der Waals surface area contributed by atoms with Crippen molar-refractivity contribution in [2.24, 2.45) is 5.73 Å². The monoisotopic (exact) mass is 988 g/mol. The molecule has 64 heavy (non-hydrogen) atoms. The number of nitrogens with two attached hydrogens (primary N) is 1. The van der Waals surface area contributed by atoms with Gasteiger partial charge in [0.15, 0.2) is 5.79 Å². The topological polar surface area (TPSA) is 195 Å². The highest BCUT2D eigenvalue weighted by Gasteiger charge is 2.47. The Bertz CT molecular complexity index is 1990. The quantitative estimate of drug-likeness (QED) is 0.126. The molecule has 0 unspecified atom stereocenters. The van der Waals surface area contributed by atoms with E-state index in [1.54, 1.807) is 14.2 Å². The number of pyridine rings is 1. The Morgan fingerprint density at radius 1 is 1.08 bits per heavy atom. The molecule has 23 heteroatoms. The molecule has 6 rings (SSSR count). The zero-order valence-corrected chi connectivity index (χ0v) is 40.5. The fourth-order valence-electron chi connectivity index (χ4n) is 6.16. The Morgan fingerprint density at radius 3 is 2.27 bits per heavy atom. The molecule has 0 saturated carbocycles. The molecule has 5 N–H and O–H groups in total. The van der Waals surface area contributed by atoms with Crippen LogP contribution in [0.2, 0.25) is 5.02 Å². The lowest BCUT2D eigenvalue weighted by molar-refractivity contribution is -0.178. The average molecular weight is 990 g/mol. The molecule has 0 spiro atoms. The number of hydrogen-bond donors (Lipinski definition) is 4. The number of ether oxygens (including phenoxy) is 4. The lowest BCUT2D eigenvalue weighted by atomic mass is 10.1. The minimum Gasteiger partial charge on any atom is -0.447 e. The number of alkyl halides is 2. The zero-order valence-electron chi connectivity index (χ0n) is 36.7. The number of hydrogen-bond acceptors (Lipinski definition) is 11. The van der Waals surface area contributed by atoms with E-state index >= 15 is 0 Å². The second kappa shape index (κ2) is 27.1. The molecule has 3 saturated heterocycles. The van der Waals surface area contributed by atoms with Gasteiger partial charge in [0.25, 0.3) is 11.8 Å². The van der Waals surface area contributed by atoms with Gasteiger partial charge in [-0.3, -0.25) is 19.7 Å². The standard InChI is InChI=1S/C23H21ClF4N4O3.C8H13NO2.C5H9NO2.C5H12O2.3H2S/c1-32(21(33)17-3-2-4-18(26)20(17)24)16(9-23(27,28)12-29)11-35-22(34)31-19-8-14-7-15(25)6-5-13(14)10-30-19;1-8(2)9-6(5-11-8)3-4-7(9)10;7-3-4-1-2-5(8)6-4;1-5(2,6-3)7-4;;;/h2-8,10,16H,9,11-12,29H2,1H3,(H,30,31,34);6H,3-5H2,1-2H3;4,7H,1-3H2,(H,6,8);1-4H3;3*1H2/t16-;6-;4-;;;;/m000..../s1. The lowest BCUT2D eigenvalue weighted by Gasteiger charge is -2.30. The van der Waals surface area contributed by atoms with Gasteiger partial charge in [-0.15, -0.1) is 0 Å². The Morgan fingerprint density at radius 2 is 1.73 bits per heavy atom. The van der Waals surface area contributed by atoms with Crippen LogP contribution in [0.5, 0.6) is 0 Å². The highest BCUT2D eigenvalue weighted by atomic mass is 35.5. The number of benzene rings is 2. The van der Waals surface area contributed by atoms with Gasteiger partial charge in [-0.1, -0.05) is 17.7 Å². The van der Waals surface area contributed by atoms with Crippen LogP contribution in [-0.4, -0.2) is 127 Å². The molecule has 0 aliphatic carbocycles. The van der Waals surface area contributed by atoms with E-state index in [1.807, 2.05) is 32.6 Å². The molecule has 2 aromatic carbocycles. The van der Waals surface area contributed by atoms with Crippen molar-refractivity contribution in [3.63, 3.8) is 0 Å². The summed E-state index contributed by atoms with van der Waals surface area (Å²) >= 11 is 5.85. The number of halogens is 5. The Balaban J connectivity index is 0.00000110. The molecule has 3 atom stereocenters. The number of carbonyl (C=O) groups excluding carboxylic acids is 4. The molecule has 1 aromatic heterocycles. The number of carbonyl (C=O) groups is 4. The van der Waals surface area contributed by atoms with Crippen molar-refractivity contribution in [1.29, 1.82) is 0 Å². The molecule has 362 valence electrons. The van der Waals surface area contributed by atoms with Gasteiger partial charge in [0.2, 0.25) is 11.8 Å². The number of nitrogens with one attached hydrogen (secondary N) is 2. The number of nitrogens with zero attached hydrogens (tertiary/aromatic N) is 3. The van der Waals surface area contributed by atoms with Gasteiger partial charge in [-0.2, -0.15) is 40.5 Å². The minimum absolute atomic E-state index is 0. The predicted octanol–water partition coefficient (Wildman–Crippen LogP) is 6.19. The molecule has 3 aliphatic heterocycles. The van der Waals surface area contributed by atoms with Crippen LogP contribution in [0.4, 0.5) is 28.2 Å². The molecule has 3 aliphatic rings. The van der Waals surface area contributed by atoms with Crippen molar-refractivity contribution in [3.8, 4) is 0 Å². The highest BCUT2D eigenvalue weighted by molar-refractivity contribution is 7.59. The van der Waals surface area contributed by atoms with Crippen LogP contribution in [0.25, 0.3) is 10.8 Å². The fourth-order valence-corrected chi connectivity index (χ4v) is 6.37. The normalized spacial score (nSPS) is 17.5. The predicted molar refractivity (Wildman–Crippen MR) is 250 cm³/mol. The van der Waals surface area contributed by atoms with E-state index < -0.39 is 66.0 Å². The van der Waals surface area contributed by atoms with E-state index in [0.717, 1.165) is 30.4 Å². The van der Waals surface area contributed by atoms with Crippen LogP contribution < -0.4 is 16.4 Å². The minimum atomic E-state index is -3.38. The third-order valence-corrected chi connectivity index (χ3v) is 10.4. The molecule has 4 heterocycles. The van der Waals surface area contributed by atoms with Gasteiger partial charge in [-0.05, 0) is 82.3 Å². The van der Waals surface area contributed by atoms with Gasteiger partial charge in [-0.25, -0.2) is 27.3 Å². The largest absolute Gasteiger partial charge is 0.447 e. The smallest absolute Gasteiger partial charge is 0.412 e. The summed E-state index contributed by atoms with van der Waals surface area (Å²) < 4.78 is 75.6. The van der Waals surface area contributed by atoms with Gasteiger partial charge in [0.05, 0.1) is 48.5 Å². The maximum absolute atomic E-state index is 14.1. The number of fused-ring (bicyclic) bond motifs is 2. The van der Waals surface area contributed by atoms with Crippen LogP contribution in [0.3, 0.4) is 0 Å². The molecular formula is C41H61ClF4N6O9S3. The number of aromatic nitrogens is 1. The summed E-state index contributed by atoms with van der Waals surface area (Å²) in [4.78, 5) is 53.6. The molecule has 0 bridgehead atoms. The van der Waals surface area contributed by atoms with Gasteiger partial charge >= 0.3 is 6.09 Å². The first-order valence-electron chi connectivity index (χ1n) is 19.3. The van der Waals surface area contributed by atoms with Gasteiger partial charge in [0, 0.05) is 52.1 Å². The SMILES string of the molecule is CC1(C)OC[C@@H]2CCC(=O)N21.CN(C(=O)c1cccc(F)c1Cl)[C@H](COC(=O)Nc1cc2cc(F)ccc2cn1)CC(F)(F)CN.COC(C)(C)OC.O=C1CC[C@@H](CO)N1.S.S.S. The number of amides is 4. The van der Waals surface area contributed by atoms with E-state index in [-0.39, 0.29) is 82.1 Å². The lowest BCUT2D eigenvalue weighted by Crippen LogP contribution is -2.46. The summed E-state index contributed by atoms with van der Waals surface area (Å²) in [5, 5.41) is 14.0. The number of aliphatic hydroxyl groups excluding tert-OH is 1. The maximum Gasteiger partial charge on any atom is 0.412 e. The van der Waals surface area contributed by atoms with Crippen LogP contribution >= 0.6 is 52.1 Å². The van der Waals surface area contributed by atoms with Crippen molar-refractivity contribution < 1.29 is 60.8 Å². The van der Waals surface area contributed by atoms with Crippen molar-refractivity contribution in [1.82, 2.24) is 20.1 Å². The number of aliphatic hydroxyl groups is 1. The van der Waals surface area contributed by atoms with E-state index in [4.69, 9.17) is 41.4 Å². The van der Waals surface area contributed by atoms with E-state index in [1.165, 1.54) is 49.6 Å². The second-order valence-corrected chi connectivity index (χ2v) is 15.6. The number of likely N-dealkylation sites (N-methyl/N-ethyl adjacent to an activating group) is 1. The summed E-state index contributed by atoms with van der Waals surface area (Å²) in [6, 6.07) is 8.02. The molecule has 3 fully saturated rings. The molecule has 4 amide bonds. The average Bonchev–Trinajstić information content (AvgIpc) is 3.93. The zero-order chi connectivity index (χ0) is 45.7. The summed E-state index contributed by atoms with van der Waals surface area (Å²) in [6.07, 6.45) is 2.48. The Labute approximate surface area is 396 Å². The highest BCUT2D eigenvalue weighted by Crippen LogP contribution is 2.34. The van der Waals surface area contributed by atoms with E-state index in [2.05, 4.69) is 15.6 Å². The molecule has 3 aromatic rings. The molecule has 15 nitrogen and oxygen atoms in total. The first-order valence-corrected chi connectivity index (χ1v) is 19.7. The van der Waals surface area contributed by atoms with Crippen LogP contribution in [0.15, 0.2) is 48.7 Å². The van der Waals surface area contributed by atoms with E-state index in [0.29, 0.717) is 29.7 Å². The number of anilines is 1. The maximum atomic E-state index is 14.1. The summed E-state index contributed by atoms with van der Waals surface area (Å²) in [5.41, 5.74) is 4.53. The van der Waals surface area contributed by atoms with Gasteiger partial charge in [0.1, 0.15) is 29.8 Å². The van der Waals surface area contributed by atoms with Crippen molar-refractivity contribution in [2.75, 3.05) is 52.9 Å². The first-order chi connectivity index (χ1) is 28.6. The van der Waals surface area contributed by atoms with Crippen molar-refractivity contribution in [2.45, 2.75) is 95.4 Å². The third kappa shape index (κ3) is 18.0. The fraction of sp³-hybridized carbons (Fsp3) is 0.537. The van der Waals surface area contributed by atoms with E-state index in [9.17, 15) is 36.7 Å². The Hall–Kier alpha value is -3.61. The first kappa shape index (κ1) is 60.4. The summed E-state index contributed by atoms with van der Waals surface area (Å²) in [6.45, 7) is 6.77. The summed E-state index contributed by atoms with van der Waals surface area (Å²) in [5.74, 6) is -5.64. The second-order valence-electron chi connectivity index (χ2n) is 15.2. The van der Waals surface area contributed by atoms with Crippen LogP contribution in [-0.2, 0) is 28.5 Å². The molecule has 0 radical (unpaired) electrons.